The van der Waals surface area contributed by atoms with Gasteiger partial charge in [-0.1, -0.05) is 0 Å². The molecule has 21 heavy (non-hydrogen) atoms. The molecule has 116 valence electrons. The Labute approximate surface area is 125 Å². The highest BCUT2D eigenvalue weighted by Crippen LogP contribution is 2.30. The summed E-state index contributed by atoms with van der Waals surface area (Å²) in [5.74, 6) is 1.29. The third kappa shape index (κ3) is 4.61. The molecule has 1 aromatic rings. The lowest BCUT2D eigenvalue weighted by molar-refractivity contribution is -0.117. The van der Waals surface area contributed by atoms with E-state index in [0.29, 0.717) is 24.7 Å². The second-order valence-corrected chi connectivity index (χ2v) is 4.87. The van der Waals surface area contributed by atoms with Gasteiger partial charge in [0.2, 0.25) is 5.91 Å². The maximum atomic E-state index is 12.0. The van der Waals surface area contributed by atoms with Gasteiger partial charge in [0.05, 0.1) is 20.3 Å². The zero-order valence-corrected chi connectivity index (χ0v) is 12.6. The molecule has 0 spiro atoms. The number of rotatable bonds is 6. The number of benzene rings is 1. The van der Waals surface area contributed by atoms with Crippen molar-refractivity contribution in [3.05, 3.63) is 18.2 Å². The first-order valence-corrected chi connectivity index (χ1v) is 7.26. The predicted molar refractivity (Wildman–Crippen MR) is 82.1 cm³/mol. The third-order valence-corrected chi connectivity index (χ3v) is 3.32. The Bertz CT molecular complexity index is 473. The van der Waals surface area contributed by atoms with Crippen molar-refractivity contribution >= 4 is 11.6 Å². The summed E-state index contributed by atoms with van der Waals surface area (Å²) in [4.78, 5) is 14.2. The number of hydrogen-bond acceptors (Lipinski definition) is 5. The summed E-state index contributed by atoms with van der Waals surface area (Å²) in [6.07, 6.45) is 0. The summed E-state index contributed by atoms with van der Waals surface area (Å²) >= 11 is 0. The van der Waals surface area contributed by atoms with Gasteiger partial charge in [-0.3, -0.25) is 9.69 Å². The largest absolute Gasteiger partial charge is 0.493 e. The van der Waals surface area contributed by atoms with Crippen molar-refractivity contribution in [2.24, 2.45) is 0 Å². The highest BCUT2D eigenvalue weighted by Gasteiger charge is 2.14. The van der Waals surface area contributed by atoms with E-state index in [2.05, 4.69) is 15.5 Å². The average molecular weight is 293 g/mol. The monoisotopic (exact) mass is 293 g/mol. The van der Waals surface area contributed by atoms with Gasteiger partial charge >= 0.3 is 0 Å². The Hall–Kier alpha value is -1.79. The minimum absolute atomic E-state index is 0.0110. The molecule has 0 radical (unpaired) electrons. The van der Waals surface area contributed by atoms with E-state index >= 15 is 0 Å². The first-order valence-electron chi connectivity index (χ1n) is 7.26. The molecule has 0 atom stereocenters. The first-order chi connectivity index (χ1) is 10.2. The molecule has 1 heterocycles. The van der Waals surface area contributed by atoms with Crippen LogP contribution in [0.3, 0.4) is 0 Å². The van der Waals surface area contributed by atoms with E-state index in [9.17, 15) is 4.79 Å². The standard InChI is InChI=1S/C15H23N3O3/c1-3-21-13-5-4-12(10-14(13)20-2)17-15(19)11-18-8-6-16-7-9-18/h4-5,10,16H,3,6-9,11H2,1-2H3,(H,17,19). The molecule has 1 fully saturated rings. The lowest BCUT2D eigenvalue weighted by Crippen LogP contribution is -2.46. The summed E-state index contributed by atoms with van der Waals surface area (Å²) in [7, 11) is 1.59. The van der Waals surface area contributed by atoms with E-state index in [-0.39, 0.29) is 5.91 Å². The number of amides is 1. The number of piperazine rings is 1. The van der Waals surface area contributed by atoms with Crippen LogP contribution in [0, 0.1) is 0 Å². The van der Waals surface area contributed by atoms with Crippen LogP contribution in [0.25, 0.3) is 0 Å². The Morgan fingerprint density at radius 2 is 2.10 bits per heavy atom. The van der Waals surface area contributed by atoms with Gasteiger partial charge in [-0.15, -0.1) is 0 Å². The minimum atomic E-state index is -0.0110. The molecule has 1 amide bonds. The van der Waals surface area contributed by atoms with Crippen LogP contribution in [-0.4, -0.2) is 57.2 Å². The summed E-state index contributed by atoms with van der Waals surface area (Å²) < 4.78 is 10.7. The Kier molecular flexibility index (Phi) is 5.83. The fourth-order valence-electron chi connectivity index (χ4n) is 2.29. The molecule has 0 aliphatic carbocycles. The van der Waals surface area contributed by atoms with Crippen molar-refractivity contribution in [3.63, 3.8) is 0 Å². The fraction of sp³-hybridized carbons (Fsp3) is 0.533. The van der Waals surface area contributed by atoms with Crippen LogP contribution in [0.1, 0.15) is 6.92 Å². The second-order valence-electron chi connectivity index (χ2n) is 4.87. The van der Waals surface area contributed by atoms with Gasteiger partial charge in [0, 0.05) is 37.9 Å². The number of nitrogens with one attached hydrogen (secondary N) is 2. The molecule has 1 aliphatic rings. The molecule has 6 heteroatoms. The lowest BCUT2D eigenvalue weighted by atomic mass is 10.2. The highest BCUT2D eigenvalue weighted by atomic mass is 16.5. The molecule has 1 saturated heterocycles. The Morgan fingerprint density at radius 1 is 1.33 bits per heavy atom. The molecule has 2 N–H and O–H groups in total. The zero-order valence-electron chi connectivity index (χ0n) is 12.6. The zero-order chi connectivity index (χ0) is 15.1. The fourth-order valence-corrected chi connectivity index (χ4v) is 2.29. The predicted octanol–water partition coefficient (Wildman–Crippen LogP) is 0.938. The van der Waals surface area contributed by atoms with Crippen LogP contribution >= 0.6 is 0 Å². The Morgan fingerprint density at radius 3 is 2.76 bits per heavy atom. The van der Waals surface area contributed by atoms with Gasteiger partial charge in [-0.2, -0.15) is 0 Å². The van der Waals surface area contributed by atoms with Gasteiger partial charge in [0.25, 0.3) is 0 Å². The van der Waals surface area contributed by atoms with Crippen LogP contribution in [0.15, 0.2) is 18.2 Å². The summed E-state index contributed by atoms with van der Waals surface area (Å²) in [5, 5.41) is 6.16. The third-order valence-electron chi connectivity index (χ3n) is 3.32. The maximum absolute atomic E-state index is 12.0. The van der Waals surface area contributed by atoms with E-state index in [4.69, 9.17) is 9.47 Å². The molecule has 0 saturated carbocycles. The normalized spacial score (nSPS) is 15.5. The van der Waals surface area contributed by atoms with Gasteiger partial charge in [-0.05, 0) is 19.1 Å². The molecular weight excluding hydrogens is 270 g/mol. The second kappa shape index (κ2) is 7.85. The molecule has 1 aromatic carbocycles. The number of carbonyl (C=O) groups is 1. The van der Waals surface area contributed by atoms with Gasteiger partial charge in [0.15, 0.2) is 11.5 Å². The van der Waals surface area contributed by atoms with Gasteiger partial charge in [0.1, 0.15) is 0 Å². The van der Waals surface area contributed by atoms with Crippen LogP contribution in [0.2, 0.25) is 0 Å². The SMILES string of the molecule is CCOc1ccc(NC(=O)CN2CCNCC2)cc1OC. The molecule has 2 rings (SSSR count). The number of nitrogens with zero attached hydrogens (tertiary/aromatic N) is 1. The Balaban J connectivity index is 1.93. The summed E-state index contributed by atoms with van der Waals surface area (Å²) in [6, 6.07) is 5.41. The maximum Gasteiger partial charge on any atom is 0.238 e. The summed E-state index contributed by atoms with van der Waals surface area (Å²) in [6.45, 7) is 6.58. The van der Waals surface area contributed by atoms with Crippen molar-refractivity contribution < 1.29 is 14.3 Å². The molecule has 0 unspecified atom stereocenters. The van der Waals surface area contributed by atoms with Crippen molar-refractivity contribution in [2.75, 3.05) is 51.8 Å². The van der Waals surface area contributed by atoms with E-state index in [1.165, 1.54) is 0 Å². The topological polar surface area (TPSA) is 62.8 Å². The number of ether oxygens (including phenoxy) is 2. The van der Waals surface area contributed by atoms with Gasteiger partial charge in [-0.25, -0.2) is 0 Å². The van der Waals surface area contributed by atoms with E-state index in [1.54, 1.807) is 13.2 Å². The smallest absolute Gasteiger partial charge is 0.238 e. The molecule has 6 nitrogen and oxygen atoms in total. The van der Waals surface area contributed by atoms with Crippen LogP contribution < -0.4 is 20.1 Å². The van der Waals surface area contributed by atoms with Gasteiger partial charge < -0.3 is 20.1 Å². The summed E-state index contributed by atoms with van der Waals surface area (Å²) in [5.41, 5.74) is 0.718. The number of hydrogen-bond donors (Lipinski definition) is 2. The van der Waals surface area contributed by atoms with Crippen molar-refractivity contribution in [2.45, 2.75) is 6.92 Å². The number of methoxy groups -OCH3 is 1. The molecular formula is C15H23N3O3. The number of carbonyl (C=O) groups excluding carboxylic acids is 1. The van der Waals surface area contributed by atoms with Crippen molar-refractivity contribution in [3.8, 4) is 11.5 Å². The average Bonchev–Trinajstić information content (AvgIpc) is 2.50. The number of anilines is 1. The minimum Gasteiger partial charge on any atom is -0.493 e. The van der Waals surface area contributed by atoms with E-state index in [0.717, 1.165) is 31.9 Å². The molecule has 1 aliphatic heterocycles. The van der Waals surface area contributed by atoms with Crippen LogP contribution in [-0.2, 0) is 4.79 Å². The van der Waals surface area contributed by atoms with E-state index in [1.807, 2.05) is 19.1 Å². The van der Waals surface area contributed by atoms with Crippen molar-refractivity contribution in [1.29, 1.82) is 0 Å². The molecule has 0 bridgehead atoms. The van der Waals surface area contributed by atoms with Crippen LogP contribution in [0.5, 0.6) is 11.5 Å². The highest BCUT2D eigenvalue weighted by molar-refractivity contribution is 5.92. The first kappa shape index (κ1) is 15.6. The quantitative estimate of drug-likeness (QED) is 0.817. The van der Waals surface area contributed by atoms with E-state index < -0.39 is 0 Å². The van der Waals surface area contributed by atoms with Crippen molar-refractivity contribution in [1.82, 2.24) is 10.2 Å². The lowest BCUT2D eigenvalue weighted by Gasteiger charge is -2.26. The molecule has 0 aromatic heterocycles. The van der Waals surface area contributed by atoms with Crippen LogP contribution in [0.4, 0.5) is 5.69 Å².